The molecule has 0 bridgehead atoms. The lowest BCUT2D eigenvalue weighted by Crippen LogP contribution is -2.23. The number of methoxy groups -OCH3 is 2. The number of hydrogen-bond donors (Lipinski definition) is 2. The Morgan fingerprint density at radius 2 is 1.05 bits per heavy atom. The molecule has 22 heavy (non-hydrogen) atoms. The minimum atomic E-state index is -0.310. The van der Waals surface area contributed by atoms with Gasteiger partial charge in [-0.1, -0.05) is 0 Å². The van der Waals surface area contributed by atoms with Gasteiger partial charge in [-0.15, -0.1) is 0 Å². The van der Waals surface area contributed by atoms with Crippen molar-refractivity contribution < 1.29 is 19.1 Å². The second-order valence-electron chi connectivity index (χ2n) is 6.00. The van der Waals surface area contributed by atoms with E-state index in [1.807, 2.05) is 0 Å². The van der Waals surface area contributed by atoms with E-state index in [9.17, 15) is 9.59 Å². The van der Waals surface area contributed by atoms with E-state index >= 15 is 0 Å². The monoisotopic (exact) mass is 304 g/mol. The molecular formula is C16H20N2O4. The zero-order valence-electron chi connectivity index (χ0n) is 12.8. The molecule has 0 aromatic heterocycles. The van der Waals surface area contributed by atoms with Crippen molar-refractivity contribution in [2.24, 2.45) is 23.3 Å². The summed E-state index contributed by atoms with van der Waals surface area (Å²) in [5.74, 6) is 0.446. The Hall–Kier alpha value is -2.24. The summed E-state index contributed by atoms with van der Waals surface area (Å²) in [6.45, 7) is 0. The molecule has 0 heterocycles. The fourth-order valence-electron chi connectivity index (χ4n) is 3.80. The number of benzene rings is 1. The molecule has 6 nitrogen and oxygen atoms in total. The topological polar surface area (TPSA) is 105 Å². The van der Waals surface area contributed by atoms with Gasteiger partial charge in [-0.25, -0.2) is 0 Å². The highest BCUT2D eigenvalue weighted by molar-refractivity contribution is 5.82. The quantitative estimate of drug-likeness (QED) is 0.823. The van der Waals surface area contributed by atoms with Crippen LogP contribution in [-0.4, -0.2) is 26.0 Å². The van der Waals surface area contributed by atoms with Gasteiger partial charge in [0.2, 0.25) is 11.8 Å². The van der Waals surface area contributed by atoms with Crippen molar-refractivity contribution >= 4 is 11.8 Å². The van der Waals surface area contributed by atoms with Crippen molar-refractivity contribution in [2.75, 3.05) is 14.2 Å². The Morgan fingerprint density at radius 1 is 0.773 bits per heavy atom. The minimum Gasteiger partial charge on any atom is -0.496 e. The summed E-state index contributed by atoms with van der Waals surface area (Å²) < 4.78 is 11.2. The van der Waals surface area contributed by atoms with E-state index in [-0.39, 0.29) is 23.7 Å². The first-order chi connectivity index (χ1) is 10.5. The SMILES string of the molecule is COc1c2c(c(OC)c3c1CC(C(N)=O)C3)CC(C(N)=O)C2. The molecule has 6 heteroatoms. The number of rotatable bonds is 4. The molecule has 0 unspecified atom stereocenters. The van der Waals surface area contributed by atoms with Crippen LogP contribution in [0.15, 0.2) is 0 Å². The molecule has 2 aliphatic rings. The molecule has 0 fully saturated rings. The molecule has 2 aliphatic carbocycles. The maximum Gasteiger partial charge on any atom is 0.221 e. The van der Waals surface area contributed by atoms with Crippen molar-refractivity contribution in [3.8, 4) is 11.5 Å². The van der Waals surface area contributed by atoms with Gasteiger partial charge < -0.3 is 20.9 Å². The van der Waals surface area contributed by atoms with Crippen LogP contribution in [-0.2, 0) is 35.3 Å². The smallest absolute Gasteiger partial charge is 0.221 e. The first kappa shape index (κ1) is 14.7. The Morgan fingerprint density at radius 3 is 1.23 bits per heavy atom. The van der Waals surface area contributed by atoms with E-state index in [1.54, 1.807) is 14.2 Å². The second kappa shape index (κ2) is 5.19. The van der Waals surface area contributed by atoms with Crippen LogP contribution in [0.25, 0.3) is 0 Å². The third kappa shape index (κ3) is 2.01. The molecule has 0 atom stereocenters. The highest BCUT2D eigenvalue weighted by atomic mass is 16.5. The van der Waals surface area contributed by atoms with Crippen LogP contribution in [0.2, 0.25) is 0 Å². The zero-order valence-corrected chi connectivity index (χ0v) is 12.8. The standard InChI is InChI=1S/C16H20N2O4/c1-21-13-9-3-7(15(17)19)5-11(9)14(22-2)12-6-8(16(18)20)4-10(12)13/h7-8H,3-6H2,1-2H3,(H2,17,19)(H2,18,20). The summed E-state index contributed by atoms with van der Waals surface area (Å²) in [6, 6.07) is 0. The third-order valence-electron chi connectivity index (χ3n) is 4.84. The van der Waals surface area contributed by atoms with Crippen LogP contribution in [0.4, 0.5) is 0 Å². The number of nitrogens with two attached hydrogens (primary N) is 2. The summed E-state index contributed by atoms with van der Waals surface area (Å²) in [6.07, 6.45) is 2.22. The number of ether oxygens (including phenoxy) is 2. The molecule has 1 aromatic carbocycles. The second-order valence-corrected chi connectivity index (χ2v) is 6.00. The van der Waals surface area contributed by atoms with Crippen molar-refractivity contribution in [1.29, 1.82) is 0 Å². The average Bonchev–Trinajstić information content (AvgIpc) is 3.08. The van der Waals surface area contributed by atoms with Crippen molar-refractivity contribution in [3.05, 3.63) is 22.3 Å². The minimum absolute atomic E-state index is 0.229. The summed E-state index contributed by atoms with van der Waals surface area (Å²) in [7, 11) is 3.22. The normalized spacial score (nSPS) is 17.2. The highest BCUT2D eigenvalue weighted by Gasteiger charge is 2.39. The molecule has 0 radical (unpaired) electrons. The van der Waals surface area contributed by atoms with Crippen LogP contribution in [0.5, 0.6) is 11.5 Å². The third-order valence-corrected chi connectivity index (χ3v) is 4.84. The van der Waals surface area contributed by atoms with Gasteiger partial charge >= 0.3 is 0 Å². The lowest BCUT2D eigenvalue weighted by Gasteiger charge is -2.17. The summed E-state index contributed by atoms with van der Waals surface area (Å²) in [4.78, 5) is 23.1. The molecule has 1 aromatic rings. The number of fused-ring (bicyclic) bond motifs is 2. The molecule has 0 saturated heterocycles. The zero-order chi connectivity index (χ0) is 16.0. The number of primary amides is 2. The van der Waals surface area contributed by atoms with Crippen molar-refractivity contribution in [2.45, 2.75) is 25.7 Å². The highest BCUT2D eigenvalue weighted by Crippen LogP contribution is 2.48. The molecule has 4 N–H and O–H groups in total. The first-order valence-corrected chi connectivity index (χ1v) is 7.33. The van der Waals surface area contributed by atoms with Gasteiger partial charge in [0, 0.05) is 34.1 Å². The molecule has 3 rings (SSSR count). The molecule has 2 amide bonds. The van der Waals surface area contributed by atoms with Gasteiger partial charge in [0.1, 0.15) is 11.5 Å². The molecule has 118 valence electrons. The number of carbonyl (C=O) groups is 2. The molecular weight excluding hydrogens is 284 g/mol. The number of carbonyl (C=O) groups excluding carboxylic acids is 2. The average molecular weight is 304 g/mol. The van der Waals surface area contributed by atoms with E-state index in [1.165, 1.54) is 0 Å². The van der Waals surface area contributed by atoms with E-state index in [0.717, 1.165) is 33.8 Å². The predicted molar refractivity (Wildman–Crippen MR) is 79.7 cm³/mol. The van der Waals surface area contributed by atoms with Crippen molar-refractivity contribution in [1.82, 2.24) is 0 Å². The van der Waals surface area contributed by atoms with E-state index in [2.05, 4.69) is 0 Å². The van der Waals surface area contributed by atoms with Crippen LogP contribution in [0.3, 0.4) is 0 Å². The number of amides is 2. The summed E-state index contributed by atoms with van der Waals surface area (Å²) >= 11 is 0. The van der Waals surface area contributed by atoms with Crippen molar-refractivity contribution in [3.63, 3.8) is 0 Å². The first-order valence-electron chi connectivity index (χ1n) is 7.33. The molecule has 0 aliphatic heterocycles. The van der Waals surface area contributed by atoms with Crippen LogP contribution in [0, 0.1) is 11.8 Å². The van der Waals surface area contributed by atoms with Gasteiger partial charge in [-0.05, 0) is 25.7 Å². The molecule has 0 saturated carbocycles. The fourth-order valence-corrected chi connectivity index (χ4v) is 3.80. The maximum absolute atomic E-state index is 11.5. The van der Waals surface area contributed by atoms with Gasteiger partial charge in [-0.2, -0.15) is 0 Å². The van der Waals surface area contributed by atoms with Crippen LogP contribution >= 0.6 is 0 Å². The fraction of sp³-hybridized carbons (Fsp3) is 0.500. The van der Waals surface area contributed by atoms with Gasteiger partial charge in [0.25, 0.3) is 0 Å². The van der Waals surface area contributed by atoms with Gasteiger partial charge in [0.05, 0.1) is 14.2 Å². The number of hydrogen-bond acceptors (Lipinski definition) is 4. The Bertz CT molecular complexity index is 575. The van der Waals surface area contributed by atoms with E-state index in [0.29, 0.717) is 25.7 Å². The van der Waals surface area contributed by atoms with Gasteiger partial charge in [-0.3, -0.25) is 9.59 Å². The Kier molecular flexibility index (Phi) is 3.47. The lowest BCUT2D eigenvalue weighted by atomic mass is 9.98. The summed E-state index contributed by atoms with van der Waals surface area (Å²) in [5, 5.41) is 0. The largest absolute Gasteiger partial charge is 0.496 e. The van der Waals surface area contributed by atoms with Crippen LogP contribution < -0.4 is 20.9 Å². The Balaban J connectivity index is 2.14. The Labute approximate surface area is 128 Å². The lowest BCUT2D eigenvalue weighted by molar-refractivity contribution is -0.122. The maximum atomic E-state index is 11.5. The van der Waals surface area contributed by atoms with Crippen LogP contribution in [0.1, 0.15) is 22.3 Å². The predicted octanol–water partition coefficient (Wildman–Crippen LogP) is 0.104. The van der Waals surface area contributed by atoms with Gasteiger partial charge in [0.15, 0.2) is 0 Å². The molecule has 0 spiro atoms. The van der Waals surface area contributed by atoms with E-state index in [4.69, 9.17) is 20.9 Å². The summed E-state index contributed by atoms with van der Waals surface area (Å²) in [5.41, 5.74) is 14.8. The van der Waals surface area contributed by atoms with E-state index < -0.39 is 0 Å².